The lowest BCUT2D eigenvalue weighted by molar-refractivity contribution is -0.115. The minimum atomic E-state index is -0.296. The Morgan fingerprint density at radius 1 is 1.25 bits per heavy atom. The molecule has 3 rings (SSSR count). The molecule has 3 aromatic rings. The monoisotopic (exact) mass is 358 g/mol. The number of halogens is 1. The normalized spacial score (nSPS) is 10.6. The van der Waals surface area contributed by atoms with Crippen LogP contribution in [0.5, 0.6) is 0 Å². The van der Waals surface area contributed by atoms with E-state index in [2.05, 4.69) is 10.3 Å². The molecule has 0 saturated carbocycles. The molecule has 0 unspecified atom stereocenters. The molecule has 0 radical (unpaired) electrons. The number of benzene rings is 2. The third kappa shape index (κ3) is 4.21. The van der Waals surface area contributed by atoms with Gasteiger partial charge < -0.3 is 5.32 Å². The molecule has 0 atom stereocenters. The Morgan fingerprint density at radius 3 is 2.75 bits per heavy atom. The van der Waals surface area contributed by atoms with Gasteiger partial charge in [-0.15, -0.1) is 23.1 Å². The van der Waals surface area contributed by atoms with E-state index in [1.807, 2.05) is 35.9 Å². The van der Waals surface area contributed by atoms with Crippen molar-refractivity contribution in [2.45, 2.75) is 11.3 Å². The maximum atomic E-state index is 13.3. The molecule has 122 valence electrons. The molecule has 2 aromatic carbocycles. The number of nitrogens with one attached hydrogen (secondary N) is 1. The topological polar surface area (TPSA) is 42.0 Å². The molecule has 24 heavy (non-hydrogen) atoms. The van der Waals surface area contributed by atoms with Crippen molar-refractivity contribution in [3.05, 3.63) is 65.4 Å². The Morgan fingerprint density at radius 2 is 2.04 bits per heavy atom. The summed E-state index contributed by atoms with van der Waals surface area (Å²) in [5.74, 6) is -0.418. The lowest BCUT2D eigenvalue weighted by Crippen LogP contribution is -2.14. The maximum absolute atomic E-state index is 13.3. The van der Waals surface area contributed by atoms with Gasteiger partial charge in [-0.05, 0) is 42.7 Å². The van der Waals surface area contributed by atoms with E-state index in [-0.39, 0.29) is 18.1 Å². The summed E-state index contributed by atoms with van der Waals surface area (Å²) in [6.45, 7) is 0. The van der Waals surface area contributed by atoms with Crippen LogP contribution in [0, 0.1) is 5.82 Å². The van der Waals surface area contributed by atoms with E-state index >= 15 is 0 Å². The molecule has 0 saturated heterocycles. The number of aromatic nitrogens is 1. The zero-order chi connectivity index (χ0) is 16.9. The molecule has 0 fully saturated rings. The van der Waals surface area contributed by atoms with Crippen LogP contribution < -0.4 is 5.32 Å². The van der Waals surface area contributed by atoms with Crippen molar-refractivity contribution in [2.75, 3.05) is 11.6 Å². The van der Waals surface area contributed by atoms with Crippen molar-refractivity contribution >= 4 is 34.7 Å². The summed E-state index contributed by atoms with van der Waals surface area (Å²) in [7, 11) is 0. The highest BCUT2D eigenvalue weighted by Gasteiger charge is 2.10. The Balaban J connectivity index is 1.64. The smallest absolute Gasteiger partial charge is 0.230 e. The molecule has 0 aliphatic rings. The summed E-state index contributed by atoms with van der Waals surface area (Å²) >= 11 is 3.06. The lowest BCUT2D eigenvalue weighted by atomic mass is 10.2. The van der Waals surface area contributed by atoms with Crippen molar-refractivity contribution in [1.82, 2.24) is 4.98 Å². The number of rotatable bonds is 5. The van der Waals surface area contributed by atoms with Gasteiger partial charge in [-0.3, -0.25) is 4.79 Å². The predicted molar refractivity (Wildman–Crippen MR) is 98.1 cm³/mol. The molecule has 0 bridgehead atoms. The second-order valence-corrected chi connectivity index (χ2v) is 6.85. The molecular formula is C18H15FN2OS2. The van der Waals surface area contributed by atoms with Gasteiger partial charge in [-0.1, -0.05) is 12.1 Å². The molecule has 6 heteroatoms. The van der Waals surface area contributed by atoms with E-state index in [0.717, 1.165) is 16.1 Å². The second kappa shape index (κ2) is 7.59. The first-order valence-electron chi connectivity index (χ1n) is 7.28. The molecule has 1 heterocycles. The number of thiazole rings is 1. The van der Waals surface area contributed by atoms with Gasteiger partial charge >= 0.3 is 0 Å². The average Bonchev–Trinajstić information content (AvgIpc) is 3.04. The van der Waals surface area contributed by atoms with Crippen molar-refractivity contribution < 1.29 is 9.18 Å². The molecule has 0 spiro atoms. The van der Waals surface area contributed by atoms with Gasteiger partial charge in [-0.25, -0.2) is 9.37 Å². The molecule has 1 N–H and O–H groups in total. The lowest BCUT2D eigenvalue weighted by Gasteiger charge is -2.04. The average molecular weight is 358 g/mol. The summed E-state index contributed by atoms with van der Waals surface area (Å²) in [6.07, 6.45) is 2.20. The minimum Gasteiger partial charge on any atom is -0.326 e. The molecule has 1 amide bonds. The van der Waals surface area contributed by atoms with Crippen molar-refractivity contribution in [1.29, 1.82) is 0 Å². The zero-order valence-corrected chi connectivity index (χ0v) is 14.6. The SMILES string of the molecule is CSc1ccc(NC(=O)Cc2csc(-c3cccc(F)c3)n2)cc1. The Hall–Kier alpha value is -2.18. The second-order valence-electron chi connectivity index (χ2n) is 5.11. The van der Waals surface area contributed by atoms with Crippen LogP contribution in [0.2, 0.25) is 0 Å². The fourth-order valence-electron chi connectivity index (χ4n) is 2.19. The van der Waals surface area contributed by atoms with E-state index in [0.29, 0.717) is 10.7 Å². The fraction of sp³-hybridized carbons (Fsp3) is 0.111. The van der Waals surface area contributed by atoms with Gasteiger partial charge in [0, 0.05) is 21.5 Å². The molecule has 1 aromatic heterocycles. The number of carbonyl (C=O) groups excluding carboxylic acids is 1. The first-order valence-corrected chi connectivity index (χ1v) is 9.39. The summed E-state index contributed by atoms with van der Waals surface area (Å²) in [5.41, 5.74) is 2.16. The van der Waals surface area contributed by atoms with Gasteiger partial charge in [0.15, 0.2) is 0 Å². The number of hydrogen-bond donors (Lipinski definition) is 1. The van der Waals surface area contributed by atoms with Crippen LogP contribution in [-0.2, 0) is 11.2 Å². The zero-order valence-electron chi connectivity index (χ0n) is 13.0. The number of carbonyl (C=O) groups is 1. The number of hydrogen-bond acceptors (Lipinski definition) is 4. The number of nitrogens with zero attached hydrogens (tertiary/aromatic N) is 1. The molecular weight excluding hydrogens is 343 g/mol. The molecule has 0 aliphatic carbocycles. The minimum absolute atomic E-state index is 0.122. The van der Waals surface area contributed by atoms with Gasteiger partial charge in [-0.2, -0.15) is 0 Å². The Kier molecular flexibility index (Phi) is 5.27. The van der Waals surface area contributed by atoms with Gasteiger partial charge in [0.1, 0.15) is 10.8 Å². The van der Waals surface area contributed by atoms with Gasteiger partial charge in [0.25, 0.3) is 0 Å². The third-order valence-electron chi connectivity index (χ3n) is 3.34. The standard InChI is InChI=1S/C18H15FN2OS2/c1-23-16-7-5-14(6-8-16)20-17(22)10-15-11-24-18(21-15)12-3-2-4-13(19)9-12/h2-9,11H,10H2,1H3,(H,20,22). The molecule has 3 nitrogen and oxygen atoms in total. The predicted octanol–water partition coefficient (Wildman–Crippen LogP) is 4.85. The number of amides is 1. The van der Waals surface area contributed by atoms with E-state index < -0.39 is 0 Å². The highest BCUT2D eigenvalue weighted by molar-refractivity contribution is 7.98. The summed E-state index contributed by atoms with van der Waals surface area (Å²) in [4.78, 5) is 17.7. The quantitative estimate of drug-likeness (QED) is 0.663. The van der Waals surface area contributed by atoms with E-state index in [1.165, 1.54) is 23.5 Å². The van der Waals surface area contributed by atoms with Gasteiger partial charge in [0.2, 0.25) is 5.91 Å². The Labute approximate surface area is 148 Å². The van der Waals surface area contributed by atoms with E-state index in [9.17, 15) is 9.18 Å². The van der Waals surface area contributed by atoms with Crippen molar-refractivity contribution in [3.8, 4) is 10.6 Å². The Bertz CT molecular complexity index is 846. The maximum Gasteiger partial charge on any atom is 0.230 e. The van der Waals surface area contributed by atoms with Crippen LogP contribution in [0.15, 0.2) is 58.8 Å². The number of anilines is 1. The van der Waals surface area contributed by atoms with Crippen LogP contribution in [-0.4, -0.2) is 17.1 Å². The van der Waals surface area contributed by atoms with Crippen molar-refractivity contribution in [3.63, 3.8) is 0 Å². The highest BCUT2D eigenvalue weighted by atomic mass is 32.2. The van der Waals surface area contributed by atoms with Crippen LogP contribution in [0.25, 0.3) is 10.6 Å². The van der Waals surface area contributed by atoms with Crippen LogP contribution in [0.1, 0.15) is 5.69 Å². The summed E-state index contributed by atoms with van der Waals surface area (Å²) < 4.78 is 13.3. The van der Waals surface area contributed by atoms with E-state index in [4.69, 9.17) is 0 Å². The first kappa shape index (κ1) is 16.7. The van der Waals surface area contributed by atoms with E-state index in [1.54, 1.807) is 23.9 Å². The molecule has 0 aliphatic heterocycles. The fourth-order valence-corrected chi connectivity index (χ4v) is 3.41. The summed E-state index contributed by atoms with van der Waals surface area (Å²) in [6, 6.07) is 14.0. The number of thioether (sulfide) groups is 1. The highest BCUT2D eigenvalue weighted by Crippen LogP contribution is 2.24. The third-order valence-corrected chi connectivity index (χ3v) is 5.02. The summed E-state index contributed by atoms with van der Waals surface area (Å²) in [5, 5.41) is 5.40. The first-order chi connectivity index (χ1) is 11.6. The largest absolute Gasteiger partial charge is 0.326 e. The van der Waals surface area contributed by atoms with Crippen LogP contribution in [0.4, 0.5) is 10.1 Å². The van der Waals surface area contributed by atoms with Gasteiger partial charge in [0.05, 0.1) is 12.1 Å². The van der Waals surface area contributed by atoms with Crippen LogP contribution >= 0.6 is 23.1 Å². The van der Waals surface area contributed by atoms with Crippen LogP contribution in [0.3, 0.4) is 0 Å². The van der Waals surface area contributed by atoms with Crippen molar-refractivity contribution in [2.24, 2.45) is 0 Å².